The molecule has 3 aromatic heterocycles. The summed E-state index contributed by atoms with van der Waals surface area (Å²) in [5.41, 5.74) is 1.34. The molecule has 0 radical (unpaired) electrons. The van der Waals surface area contributed by atoms with Crippen LogP contribution in [-0.4, -0.2) is 36.6 Å². The van der Waals surface area contributed by atoms with Crippen LogP contribution in [0.3, 0.4) is 0 Å². The van der Waals surface area contributed by atoms with Gasteiger partial charge in [0.25, 0.3) is 0 Å². The molecule has 2 N–H and O–H groups in total. The van der Waals surface area contributed by atoms with E-state index in [-0.39, 0.29) is 11.8 Å². The van der Waals surface area contributed by atoms with Gasteiger partial charge in [0.15, 0.2) is 0 Å². The summed E-state index contributed by atoms with van der Waals surface area (Å²) in [6, 6.07) is 1.94. The summed E-state index contributed by atoms with van der Waals surface area (Å²) in [5.74, 6) is -0.236. The molecule has 3 heterocycles. The van der Waals surface area contributed by atoms with E-state index in [1.54, 1.807) is 22.5 Å². The topological polar surface area (TPSA) is 85.5 Å². The van der Waals surface area contributed by atoms with Gasteiger partial charge in [-0.3, -0.25) is 9.36 Å². The number of rotatable bonds is 6. The van der Waals surface area contributed by atoms with E-state index >= 15 is 0 Å². The van der Waals surface area contributed by atoms with Crippen LogP contribution in [0.2, 0.25) is 0 Å². The first-order chi connectivity index (χ1) is 12.8. The van der Waals surface area contributed by atoms with Gasteiger partial charge < -0.3 is 10.6 Å². The van der Waals surface area contributed by atoms with E-state index in [9.17, 15) is 13.2 Å². The number of hydrogen-bond acceptors (Lipinski definition) is 6. The Labute approximate surface area is 153 Å². The second-order valence-electron chi connectivity index (χ2n) is 5.95. The number of anilines is 3. The molecular formula is C16H19F3N8. The van der Waals surface area contributed by atoms with Crippen LogP contribution in [0.15, 0.2) is 24.7 Å². The number of aryl methyl sites for hydroxylation is 4. The fourth-order valence-corrected chi connectivity index (χ4v) is 2.54. The molecule has 3 rings (SSSR count). The van der Waals surface area contributed by atoms with Crippen molar-refractivity contribution in [3.05, 3.63) is 41.6 Å². The maximum Gasteiger partial charge on any atom is 0.421 e. The molecule has 11 heteroatoms. The van der Waals surface area contributed by atoms with Gasteiger partial charge in [-0.1, -0.05) is 0 Å². The second-order valence-corrected chi connectivity index (χ2v) is 5.95. The summed E-state index contributed by atoms with van der Waals surface area (Å²) in [4.78, 5) is 7.66. The predicted octanol–water partition coefficient (Wildman–Crippen LogP) is 2.76. The van der Waals surface area contributed by atoms with Crippen LogP contribution in [0.5, 0.6) is 0 Å². The Bertz CT molecular complexity index is 928. The molecule has 0 amide bonds. The monoisotopic (exact) mass is 380 g/mol. The minimum atomic E-state index is -4.52. The third kappa shape index (κ3) is 4.36. The van der Waals surface area contributed by atoms with Gasteiger partial charge in [0, 0.05) is 45.7 Å². The molecule has 144 valence electrons. The van der Waals surface area contributed by atoms with Crippen LogP contribution in [-0.2, 0) is 26.2 Å². The fraction of sp³-hybridized carbons (Fsp3) is 0.375. The molecule has 0 aliphatic rings. The molecule has 0 saturated heterocycles. The Hall–Kier alpha value is -3.11. The minimum absolute atomic E-state index is 0.0553. The highest BCUT2D eigenvalue weighted by Crippen LogP contribution is 2.33. The highest BCUT2D eigenvalue weighted by molar-refractivity contribution is 5.57. The van der Waals surface area contributed by atoms with Gasteiger partial charge in [0.05, 0.1) is 17.1 Å². The SMILES string of the molecule is CNc1nc(Nc2cn(CCc3ccn(C)n3)nc2C)ncc1C(F)(F)F. The number of nitrogens with one attached hydrogen (secondary N) is 2. The van der Waals surface area contributed by atoms with Crippen LogP contribution in [0, 0.1) is 6.92 Å². The Balaban J connectivity index is 1.73. The van der Waals surface area contributed by atoms with Gasteiger partial charge in [-0.15, -0.1) is 0 Å². The minimum Gasteiger partial charge on any atom is -0.372 e. The maximum absolute atomic E-state index is 12.9. The van der Waals surface area contributed by atoms with Crippen molar-refractivity contribution >= 4 is 17.5 Å². The largest absolute Gasteiger partial charge is 0.421 e. The summed E-state index contributed by atoms with van der Waals surface area (Å²) in [6.07, 6.45) is 0.573. The van der Waals surface area contributed by atoms with E-state index in [1.165, 1.54) is 7.05 Å². The third-order valence-electron chi connectivity index (χ3n) is 3.89. The van der Waals surface area contributed by atoms with Crippen molar-refractivity contribution in [2.45, 2.75) is 26.1 Å². The number of aromatic nitrogens is 6. The lowest BCUT2D eigenvalue weighted by Crippen LogP contribution is -2.12. The van der Waals surface area contributed by atoms with Crippen molar-refractivity contribution in [3.8, 4) is 0 Å². The standard InChI is InChI=1S/C16H19F3N8/c1-10-13(9-27(24-10)7-5-11-4-6-26(3)25-11)22-15-21-8-12(16(17,18)19)14(20-2)23-15/h4,6,8-9H,5,7H2,1-3H3,(H2,20,21,22,23). The molecule has 0 aliphatic carbocycles. The third-order valence-corrected chi connectivity index (χ3v) is 3.89. The van der Waals surface area contributed by atoms with Gasteiger partial charge in [0.1, 0.15) is 11.4 Å². The van der Waals surface area contributed by atoms with Crippen molar-refractivity contribution in [1.82, 2.24) is 29.5 Å². The van der Waals surface area contributed by atoms with E-state index in [1.807, 2.05) is 19.3 Å². The smallest absolute Gasteiger partial charge is 0.372 e. The van der Waals surface area contributed by atoms with Crippen LogP contribution in [0.1, 0.15) is 17.0 Å². The van der Waals surface area contributed by atoms with Gasteiger partial charge in [0.2, 0.25) is 5.95 Å². The first-order valence-electron chi connectivity index (χ1n) is 8.18. The van der Waals surface area contributed by atoms with Crippen molar-refractivity contribution in [2.24, 2.45) is 7.05 Å². The highest BCUT2D eigenvalue weighted by atomic mass is 19.4. The van der Waals surface area contributed by atoms with Gasteiger partial charge >= 0.3 is 6.18 Å². The average Bonchev–Trinajstić information content (AvgIpc) is 3.17. The van der Waals surface area contributed by atoms with Crippen molar-refractivity contribution < 1.29 is 13.2 Å². The van der Waals surface area contributed by atoms with E-state index in [2.05, 4.69) is 30.8 Å². The van der Waals surface area contributed by atoms with E-state index in [0.29, 0.717) is 24.3 Å². The number of nitrogens with zero attached hydrogens (tertiary/aromatic N) is 6. The molecule has 0 unspecified atom stereocenters. The summed E-state index contributed by atoms with van der Waals surface area (Å²) < 4.78 is 42.3. The summed E-state index contributed by atoms with van der Waals surface area (Å²) in [5, 5.41) is 14.1. The van der Waals surface area contributed by atoms with Crippen molar-refractivity contribution in [2.75, 3.05) is 17.7 Å². The van der Waals surface area contributed by atoms with Crippen LogP contribution >= 0.6 is 0 Å². The van der Waals surface area contributed by atoms with Gasteiger partial charge in [-0.2, -0.15) is 28.4 Å². The normalized spacial score (nSPS) is 11.6. The maximum atomic E-state index is 12.9. The van der Waals surface area contributed by atoms with Crippen molar-refractivity contribution in [3.63, 3.8) is 0 Å². The summed E-state index contributed by atoms with van der Waals surface area (Å²) in [6.45, 7) is 2.41. The second kappa shape index (κ2) is 7.25. The molecule has 27 heavy (non-hydrogen) atoms. The number of alkyl halides is 3. The Kier molecular flexibility index (Phi) is 5.02. The van der Waals surface area contributed by atoms with Crippen LogP contribution in [0.4, 0.5) is 30.6 Å². The zero-order valence-electron chi connectivity index (χ0n) is 15.0. The lowest BCUT2D eigenvalue weighted by molar-refractivity contribution is -0.137. The van der Waals surface area contributed by atoms with E-state index < -0.39 is 11.7 Å². The Morgan fingerprint density at radius 2 is 2.00 bits per heavy atom. The lowest BCUT2D eigenvalue weighted by atomic mass is 10.3. The lowest BCUT2D eigenvalue weighted by Gasteiger charge is -2.12. The van der Waals surface area contributed by atoms with E-state index in [0.717, 1.165) is 11.9 Å². The quantitative estimate of drug-likeness (QED) is 0.684. The summed E-state index contributed by atoms with van der Waals surface area (Å²) >= 11 is 0. The Morgan fingerprint density at radius 1 is 1.22 bits per heavy atom. The first-order valence-corrected chi connectivity index (χ1v) is 8.18. The molecule has 0 fully saturated rings. The highest BCUT2D eigenvalue weighted by Gasteiger charge is 2.35. The van der Waals surface area contributed by atoms with Crippen LogP contribution < -0.4 is 10.6 Å². The molecule has 0 aromatic carbocycles. The number of hydrogen-bond donors (Lipinski definition) is 2. The first kappa shape index (κ1) is 18.7. The van der Waals surface area contributed by atoms with Gasteiger partial charge in [-0.25, -0.2) is 4.98 Å². The Morgan fingerprint density at radius 3 is 2.63 bits per heavy atom. The zero-order chi connectivity index (χ0) is 19.6. The number of halogens is 3. The fourth-order valence-electron chi connectivity index (χ4n) is 2.54. The average molecular weight is 380 g/mol. The molecule has 3 aromatic rings. The molecule has 0 atom stereocenters. The molecule has 0 bridgehead atoms. The molecule has 0 aliphatic heterocycles. The zero-order valence-corrected chi connectivity index (χ0v) is 15.0. The summed E-state index contributed by atoms with van der Waals surface area (Å²) in [7, 11) is 3.23. The molecular weight excluding hydrogens is 361 g/mol. The van der Waals surface area contributed by atoms with Gasteiger partial charge in [-0.05, 0) is 13.0 Å². The van der Waals surface area contributed by atoms with E-state index in [4.69, 9.17) is 0 Å². The van der Waals surface area contributed by atoms with Crippen LogP contribution in [0.25, 0.3) is 0 Å². The predicted molar refractivity (Wildman–Crippen MR) is 93.7 cm³/mol. The van der Waals surface area contributed by atoms with Crippen molar-refractivity contribution in [1.29, 1.82) is 0 Å². The molecule has 0 spiro atoms. The molecule has 0 saturated carbocycles. The molecule has 8 nitrogen and oxygen atoms in total.